The fourth-order valence-electron chi connectivity index (χ4n) is 5.41. The first kappa shape index (κ1) is 24.1. The molecule has 0 bridgehead atoms. The average molecular weight is 514 g/mol. The quantitative estimate of drug-likeness (QED) is 0.319. The Bertz CT molecular complexity index is 1390. The van der Waals surface area contributed by atoms with Gasteiger partial charge in [0.2, 0.25) is 0 Å². The third-order valence-electron chi connectivity index (χ3n) is 7.50. The fraction of sp³-hybridized carbons (Fsp3) is 0.367. The van der Waals surface area contributed by atoms with Crippen molar-refractivity contribution < 1.29 is 14.6 Å². The highest BCUT2D eigenvalue weighted by atomic mass is 32.1. The lowest BCUT2D eigenvalue weighted by molar-refractivity contribution is 0.0700. The Morgan fingerprint density at radius 2 is 1.76 bits per heavy atom. The number of carbonyl (C=O) groups is 1. The smallest absolute Gasteiger partial charge is 0.253 e. The van der Waals surface area contributed by atoms with Gasteiger partial charge in [-0.2, -0.15) is 0 Å². The molecule has 2 atom stereocenters. The predicted octanol–water partition coefficient (Wildman–Crippen LogP) is 6.48. The van der Waals surface area contributed by atoms with Crippen LogP contribution in [0.3, 0.4) is 0 Å². The Morgan fingerprint density at radius 3 is 2.57 bits per heavy atom. The van der Waals surface area contributed by atoms with Gasteiger partial charge < -0.3 is 14.7 Å². The number of hydrogen-bond donors (Lipinski definition) is 1. The first-order valence-corrected chi connectivity index (χ1v) is 14.1. The molecule has 0 spiro atoms. The lowest BCUT2D eigenvalue weighted by atomic mass is 9.84. The number of aliphatic hydroxyl groups is 1. The number of likely N-dealkylation sites (tertiary alicyclic amines) is 1. The summed E-state index contributed by atoms with van der Waals surface area (Å²) in [5.41, 5.74) is 3.42. The second kappa shape index (κ2) is 10.6. The summed E-state index contributed by atoms with van der Waals surface area (Å²) < 4.78 is 7.28. The van der Waals surface area contributed by atoms with Crippen molar-refractivity contribution in [2.24, 2.45) is 5.92 Å². The minimum Gasteiger partial charge on any atom is -0.457 e. The second-order valence-electron chi connectivity index (χ2n) is 10.1. The van der Waals surface area contributed by atoms with Crippen LogP contribution in [0, 0.1) is 5.92 Å². The molecule has 2 fully saturated rings. The maximum absolute atomic E-state index is 12.6. The van der Waals surface area contributed by atoms with Crippen molar-refractivity contribution in [3.63, 3.8) is 0 Å². The molecule has 0 radical (unpaired) electrons. The summed E-state index contributed by atoms with van der Waals surface area (Å²) in [5.74, 6) is 1.87. The molecule has 1 saturated heterocycles. The van der Waals surface area contributed by atoms with E-state index in [9.17, 15) is 9.90 Å². The monoisotopic (exact) mass is 513 g/mol. The zero-order valence-corrected chi connectivity index (χ0v) is 21.6. The maximum Gasteiger partial charge on any atom is 0.253 e. The lowest BCUT2D eigenvalue weighted by Crippen LogP contribution is -2.27. The van der Waals surface area contributed by atoms with Gasteiger partial charge in [0.05, 0.1) is 27.0 Å². The number of nitrogens with zero attached hydrogens (tertiary/aromatic N) is 3. The highest BCUT2D eigenvalue weighted by Crippen LogP contribution is 2.33. The third kappa shape index (κ3) is 5.38. The van der Waals surface area contributed by atoms with Gasteiger partial charge in [-0.3, -0.25) is 9.78 Å². The van der Waals surface area contributed by atoms with E-state index in [1.165, 1.54) is 6.42 Å². The van der Waals surface area contributed by atoms with Crippen molar-refractivity contribution in [3.05, 3.63) is 71.4 Å². The zero-order valence-electron chi connectivity index (χ0n) is 20.8. The highest BCUT2D eigenvalue weighted by Gasteiger charge is 2.24. The van der Waals surface area contributed by atoms with Crippen LogP contribution in [0.4, 0.5) is 0 Å². The van der Waals surface area contributed by atoms with Gasteiger partial charge in [0.1, 0.15) is 11.5 Å². The summed E-state index contributed by atoms with van der Waals surface area (Å²) in [5, 5.41) is 11.4. The Hall–Kier alpha value is -3.29. The standard InChI is InChI=1S/C30H31N3O3S/c34-27-6-2-1-5-22(27)17-29-32-25-12-11-23(19-28(25)37-29)36-24-13-14-31-26(18-24)20-7-9-21(10-8-20)30(35)33-15-3-4-16-33/h7-14,18-19,22,27,34H,1-6,15-17H2/t22-,27+/m0/s1. The van der Waals surface area contributed by atoms with E-state index in [4.69, 9.17) is 9.72 Å². The van der Waals surface area contributed by atoms with Gasteiger partial charge in [-0.05, 0) is 61.9 Å². The van der Waals surface area contributed by atoms with E-state index in [0.29, 0.717) is 17.2 Å². The number of amides is 1. The lowest BCUT2D eigenvalue weighted by Gasteiger charge is -2.26. The van der Waals surface area contributed by atoms with Crippen molar-refractivity contribution in [1.29, 1.82) is 0 Å². The molecule has 3 heterocycles. The Labute approximate surface area is 221 Å². The van der Waals surface area contributed by atoms with E-state index in [0.717, 1.165) is 83.8 Å². The van der Waals surface area contributed by atoms with E-state index in [-0.39, 0.29) is 12.0 Å². The molecule has 1 amide bonds. The number of carbonyl (C=O) groups excluding carboxylic acids is 1. The predicted molar refractivity (Wildman–Crippen MR) is 146 cm³/mol. The topological polar surface area (TPSA) is 75.5 Å². The molecule has 4 aromatic rings. The Kier molecular flexibility index (Phi) is 6.89. The number of fused-ring (bicyclic) bond motifs is 1. The molecule has 6 nitrogen and oxygen atoms in total. The molecular formula is C30H31N3O3S. The second-order valence-corrected chi connectivity index (χ2v) is 11.2. The molecule has 190 valence electrons. The molecule has 1 N–H and O–H groups in total. The minimum atomic E-state index is -0.206. The van der Waals surface area contributed by atoms with Gasteiger partial charge >= 0.3 is 0 Å². The van der Waals surface area contributed by atoms with Gasteiger partial charge in [0.25, 0.3) is 5.91 Å². The van der Waals surface area contributed by atoms with Crippen LogP contribution in [0.25, 0.3) is 21.5 Å². The molecule has 1 saturated carbocycles. The van der Waals surface area contributed by atoms with Crippen LogP contribution in [0.2, 0.25) is 0 Å². The molecule has 7 heteroatoms. The first-order chi connectivity index (χ1) is 18.1. The Balaban J connectivity index is 1.15. The van der Waals surface area contributed by atoms with Crippen LogP contribution in [0.5, 0.6) is 11.5 Å². The van der Waals surface area contributed by atoms with Crippen LogP contribution in [-0.4, -0.2) is 45.1 Å². The molecule has 2 aromatic heterocycles. The summed E-state index contributed by atoms with van der Waals surface area (Å²) in [7, 11) is 0. The first-order valence-electron chi connectivity index (χ1n) is 13.2. The number of rotatable bonds is 6. The van der Waals surface area contributed by atoms with Gasteiger partial charge in [0, 0.05) is 49.0 Å². The van der Waals surface area contributed by atoms with E-state index in [1.807, 2.05) is 59.5 Å². The van der Waals surface area contributed by atoms with Crippen LogP contribution in [0.1, 0.15) is 53.9 Å². The molecular weight excluding hydrogens is 482 g/mol. The molecule has 37 heavy (non-hydrogen) atoms. The minimum absolute atomic E-state index is 0.102. The van der Waals surface area contributed by atoms with Crippen molar-refractivity contribution in [1.82, 2.24) is 14.9 Å². The number of aromatic nitrogens is 2. The van der Waals surface area contributed by atoms with Crippen LogP contribution in [-0.2, 0) is 6.42 Å². The summed E-state index contributed by atoms with van der Waals surface area (Å²) >= 11 is 1.68. The maximum atomic E-state index is 12.6. The summed E-state index contributed by atoms with van der Waals surface area (Å²) in [6, 6.07) is 17.4. The van der Waals surface area contributed by atoms with E-state index in [2.05, 4.69) is 4.98 Å². The fourth-order valence-corrected chi connectivity index (χ4v) is 6.50. The summed E-state index contributed by atoms with van der Waals surface area (Å²) in [4.78, 5) is 23.9. The summed E-state index contributed by atoms with van der Waals surface area (Å²) in [6.45, 7) is 1.69. The third-order valence-corrected chi connectivity index (χ3v) is 8.54. The molecule has 2 aliphatic rings. The number of aliphatic hydroxyl groups excluding tert-OH is 1. The normalized spacial score (nSPS) is 19.9. The average Bonchev–Trinajstić information content (AvgIpc) is 3.60. The zero-order chi connectivity index (χ0) is 25.2. The van der Waals surface area contributed by atoms with Crippen LogP contribution < -0.4 is 4.74 Å². The van der Waals surface area contributed by atoms with Gasteiger partial charge in [-0.25, -0.2) is 4.98 Å². The van der Waals surface area contributed by atoms with Crippen LogP contribution in [0.15, 0.2) is 60.8 Å². The number of hydrogen-bond acceptors (Lipinski definition) is 6. The van der Waals surface area contributed by atoms with Crippen molar-refractivity contribution >= 4 is 27.5 Å². The van der Waals surface area contributed by atoms with E-state index in [1.54, 1.807) is 17.5 Å². The van der Waals surface area contributed by atoms with Gasteiger partial charge in [-0.15, -0.1) is 11.3 Å². The number of ether oxygens (including phenoxy) is 1. The van der Waals surface area contributed by atoms with E-state index < -0.39 is 0 Å². The summed E-state index contributed by atoms with van der Waals surface area (Å²) in [6.07, 6.45) is 8.85. The molecule has 6 rings (SSSR count). The SMILES string of the molecule is O=C(c1ccc(-c2cc(Oc3ccc4nc(C[C@@H]5CCCC[C@H]5O)sc4c3)ccn2)cc1)N1CCCC1. The van der Waals surface area contributed by atoms with Crippen molar-refractivity contribution in [2.45, 2.75) is 51.0 Å². The van der Waals surface area contributed by atoms with Crippen LogP contribution >= 0.6 is 11.3 Å². The molecule has 2 aromatic carbocycles. The molecule has 1 aliphatic carbocycles. The number of benzene rings is 2. The molecule has 0 unspecified atom stereocenters. The molecule has 1 aliphatic heterocycles. The van der Waals surface area contributed by atoms with Crippen molar-refractivity contribution in [2.75, 3.05) is 13.1 Å². The number of pyridine rings is 1. The van der Waals surface area contributed by atoms with E-state index >= 15 is 0 Å². The van der Waals surface area contributed by atoms with Gasteiger partial charge in [0.15, 0.2) is 0 Å². The van der Waals surface area contributed by atoms with Gasteiger partial charge in [-0.1, -0.05) is 25.0 Å². The Morgan fingerprint density at radius 1 is 0.973 bits per heavy atom. The largest absolute Gasteiger partial charge is 0.457 e. The van der Waals surface area contributed by atoms with Crippen molar-refractivity contribution in [3.8, 4) is 22.8 Å². The highest BCUT2D eigenvalue weighted by molar-refractivity contribution is 7.18. The number of thiazole rings is 1.